The van der Waals surface area contributed by atoms with Crippen molar-refractivity contribution in [2.45, 2.75) is 20.4 Å². The Bertz CT molecular complexity index is 991. The van der Waals surface area contributed by atoms with E-state index in [1.54, 1.807) is 23.1 Å². The van der Waals surface area contributed by atoms with E-state index in [9.17, 15) is 14.7 Å². The Hall–Kier alpha value is -3.44. The van der Waals surface area contributed by atoms with Crippen molar-refractivity contribution < 1.29 is 14.7 Å². The highest BCUT2D eigenvalue weighted by Gasteiger charge is 2.23. The standard InChI is InChI=1S/C22H25N5O3/c1-3-26-6-8-27(9-7-26)22(30)18-11-19(28)20(24-14-18)21(29)25-13-17-5-4-16(12-23)10-15(17)2/h4-5,10-11,14,28H,3,6-9,13H2,1-2H3,(H,25,29). The molecular weight excluding hydrogens is 382 g/mol. The van der Waals surface area contributed by atoms with Crippen molar-refractivity contribution in [3.8, 4) is 11.8 Å². The van der Waals surface area contributed by atoms with Crippen LogP contribution in [0.3, 0.4) is 0 Å². The zero-order chi connectivity index (χ0) is 21.7. The average Bonchev–Trinajstić information content (AvgIpc) is 2.77. The molecule has 0 spiro atoms. The third-order valence-electron chi connectivity index (χ3n) is 5.35. The summed E-state index contributed by atoms with van der Waals surface area (Å²) in [5.74, 6) is -1.07. The molecule has 2 aromatic rings. The number of aromatic hydroxyl groups is 1. The number of likely N-dealkylation sites (N-methyl/N-ethyl adjacent to an activating group) is 1. The van der Waals surface area contributed by atoms with Gasteiger partial charge in [-0.05, 0) is 42.8 Å². The van der Waals surface area contributed by atoms with Crippen molar-refractivity contribution in [2.75, 3.05) is 32.7 Å². The van der Waals surface area contributed by atoms with Gasteiger partial charge in [-0.3, -0.25) is 9.59 Å². The van der Waals surface area contributed by atoms with Crippen molar-refractivity contribution in [1.82, 2.24) is 20.1 Å². The summed E-state index contributed by atoms with van der Waals surface area (Å²) >= 11 is 0. The first-order valence-electron chi connectivity index (χ1n) is 9.91. The minimum absolute atomic E-state index is 0.131. The predicted octanol–water partition coefficient (Wildman–Crippen LogP) is 1.68. The second-order valence-electron chi connectivity index (χ2n) is 7.25. The van der Waals surface area contributed by atoms with Gasteiger partial charge in [-0.1, -0.05) is 13.0 Å². The number of piperazine rings is 1. The molecular formula is C22H25N5O3. The van der Waals surface area contributed by atoms with E-state index >= 15 is 0 Å². The Morgan fingerprint density at radius 2 is 1.97 bits per heavy atom. The van der Waals surface area contributed by atoms with E-state index < -0.39 is 5.91 Å². The molecule has 1 aliphatic heterocycles. The monoisotopic (exact) mass is 407 g/mol. The van der Waals surface area contributed by atoms with Crippen molar-refractivity contribution in [1.29, 1.82) is 5.26 Å². The fourth-order valence-corrected chi connectivity index (χ4v) is 3.42. The molecule has 8 nitrogen and oxygen atoms in total. The number of rotatable bonds is 5. The number of carbonyl (C=O) groups is 2. The Kier molecular flexibility index (Phi) is 6.65. The fraction of sp³-hybridized carbons (Fsp3) is 0.364. The lowest BCUT2D eigenvalue weighted by Gasteiger charge is -2.34. The number of aryl methyl sites for hydroxylation is 1. The molecule has 0 aliphatic carbocycles. The molecule has 0 atom stereocenters. The largest absolute Gasteiger partial charge is 0.505 e. The van der Waals surface area contributed by atoms with Gasteiger partial charge < -0.3 is 20.2 Å². The molecule has 1 aromatic carbocycles. The highest BCUT2D eigenvalue weighted by Crippen LogP contribution is 2.18. The molecule has 1 saturated heterocycles. The van der Waals surface area contributed by atoms with Gasteiger partial charge in [0, 0.05) is 38.9 Å². The van der Waals surface area contributed by atoms with E-state index in [1.807, 2.05) is 6.92 Å². The Balaban J connectivity index is 1.64. The second-order valence-corrected chi connectivity index (χ2v) is 7.25. The van der Waals surface area contributed by atoms with Crippen LogP contribution >= 0.6 is 0 Å². The lowest BCUT2D eigenvalue weighted by molar-refractivity contribution is 0.0642. The van der Waals surface area contributed by atoms with Crippen LogP contribution in [0.4, 0.5) is 0 Å². The first-order chi connectivity index (χ1) is 14.4. The van der Waals surface area contributed by atoms with Crippen LogP contribution in [0.1, 0.15) is 44.5 Å². The van der Waals surface area contributed by atoms with E-state index in [1.165, 1.54) is 12.3 Å². The molecule has 3 rings (SSSR count). The molecule has 2 N–H and O–H groups in total. The molecule has 0 radical (unpaired) electrons. The number of nitrogens with one attached hydrogen (secondary N) is 1. The molecule has 0 unspecified atom stereocenters. The zero-order valence-corrected chi connectivity index (χ0v) is 17.2. The van der Waals surface area contributed by atoms with Crippen LogP contribution in [0.15, 0.2) is 30.5 Å². The number of pyridine rings is 1. The predicted molar refractivity (Wildman–Crippen MR) is 111 cm³/mol. The molecule has 0 saturated carbocycles. The van der Waals surface area contributed by atoms with Gasteiger partial charge in [0.05, 0.1) is 17.2 Å². The van der Waals surface area contributed by atoms with E-state index in [0.717, 1.165) is 30.8 Å². The Morgan fingerprint density at radius 1 is 1.23 bits per heavy atom. The highest BCUT2D eigenvalue weighted by molar-refractivity contribution is 5.98. The van der Waals surface area contributed by atoms with Crippen molar-refractivity contribution in [3.05, 3.63) is 58.4 Å². The van der Waals surface area contributed by atoms with Crippen LogP contribution in [-0.4, -0.2) is 64.4 Å². The average molecular weight is 407 g/mol. The Labute approximate surface area is 175 Å². The second kappa shape index (κ2) is 9.37. The number of carbonyl (C=O) groups excluding carboxylic acids is 2. The topological polar surface area (TPSA) is 110 Å². The van der Waals surface area contributed by atoms with Gasteiger partial charge in [0.1, 0.15) is 5.75 Å². The molecule has 2 amide bonds. The third kappa shape index (κ3) is 4.75. The van der Waals surface area contributed by atoms with Gasteiger partial charge >= 0.3 is 0 Å². The van der Waals surface area contributed by atoms with Crippen LogP contribution in [0.5, 0.6) is 5.75 Å². The normalized spacial score (nSPS) is 14.2. The number of nitriles is 1. The van der Waals surface area contributed by atoms with Crippen LogP contribution in [0.2, 0.25) is 0 Å². The van der Waals surface area contributed by atoms with Gasteiger partial charge in [-0.25, -0.2) is 4.98 Å². The van der Waals surface area contributed by atoms with Gasteiger partial charge in [0.15, 0.2) is 5.69 Å². The molecule has 2 heterocycles. The van der Waals surface area contributed by atoms with Crippen LogP contribution < -0.4 is 5.32 Å². The maximum atomic E-state index is 12.7. The number of nitrogens with zero attached hydrogens (tertiary/aromatic N) is 4. The molecule has 1 aromatic heterocycles. The highest BCUT2D eigenvalue weighted by atomic mass is 16.3. The summed E-state index contributed by atoms with van der Waals surface area (Å²) in [4.78, 5) is 33.1. The fourth-order valence-electron chi connectivity index (χ4n) is 3.42. The van der Waals surface area contributed by atoms with E-state index in [2.05, 4.69) is 28.2 Å². The lowest BCUT2D eigenvalue weighted by Crippen LogP contribution is -2.48. The van der Waals surface area contributed by atoms with E-state index in [0.29, 0.717) is 18.7 Å². The third-order valence-corrected chi connectivity index (χ3v) is 5.35. The summed E-state index contributed by atoms with van der Waals surface area (Å²) < 4.78 is 0. The number of hydrogen-bond acceptors (Lipinski definition) is 6. The summed E-state index contributed by atoms with van der Waals surface area (Å²) in [5.41, 5.74) is 2.43. The lowest BCUT2D eigenvalue weighted by atomic mass is 10.1. The molecule has 0 bridgehead atoms. The van der Waals surface area contributed by atoms with Crippen molar-refractivity contribution in [3.63, 3.8) is 0 Å². The number of aromatic nitrogens is 1. The van der Waals surface area contributed by atoms with Crippen LogP contribution in [0, 0.1) is 18.3 Å². The molecule has 30 heavy (non-hydrogen) atoms. The van der Waals surface area contributed by atoms with Gasteiger partial charge in [0.25, 0.3) is 11.8 Å². The minimum Gasteiger partial charge on any atom is -0.505 e. The maximum Gasteiger partial charge on any atom is 0.274 e. The number of hydrogen-bond donors (Lipinski definition) is 2. The zero-order valence-electron chi connectivity index (χ0n) is 17.2. The van der Waals surface area contributed by atoms with Crippen molar-refractivity contribution >= 4 is 11.8 Å². The van der Waals surface area contributed by atoms with Gasteiger partial charge in [-0.2, -0.15) is 5.26 Å². The Morgan fingerprint density at radius 3 is 2.57 bits per heavy atom. The number of amides is 2. The molecule has 156 valence electrons. The van der Waals surface area contributed by atoms with Crippen LogP contribution in [0.25, 0.3) is 0 Å². The summed E-state index contributed by atoms with van der Waals surface area (Å²) in [5, 5.41) is 21.9. The van der Waals surface area contributed by atoms with Crippen molar-refractivity contribution in [2.24, 2.45) is 0 Å². The van der Waals surface area contributed by atoms with E-state index in [4.69, 9.17) is 5.26 Å². The maximum absolute atomic E-state index is 12.7. The number of benzene rings is 1. The van der Waals surface area contributed by atoms with Gasteiger partial charge in [0.2, 0.25) is 0 Å². The summed E-state index contributed by atoms with van der Waals surface area (Å²) in [7, 11) is 0. The van der Waals surface area contributed by atoms with E-state index in [-0.39, 0.29) is 29.5 Å². The summed E-state index contributed by atoms with van der Waals surface area (Å²) in [6.45, 7) is 8.02. The summed E-state index contributed by atoms with van der Waals surface area (Å²) in [6, 6.07) is 8.58. The van der Waals surface area contributed by atoms with Gasteiger partial charge in [-0.15, -0.1) is 0 Å². The first-order valence-corrected chi connectivity index (χ1v) is 9.91. The smallest absolute Gasteiger partial charge is 0.274 e. The van der Waals surface area contributed by atoms with Crippen LogP contribution in [-0.2, 0) is 6.54 Å². The molecule has 1 aliphatic rings. The SMILES string of the molecule is CCN1CCN(C(=O)c2cnc(C(=O)NCc3ccc(C#N)cc3C)c(O)c2)CC1. The minimum atomic E-state index is -0.535. The summed E-state index contributed by atoms with van der Waals surface area (Å²) in [6.07, 6.45) is 1.33. The molecule has 8 heteroatoms. The quantitative estimate of drug-likeness (QED) is 0.780. The first kappa shape index (κ1) is 21.3. The molecule has 1 fully saturated rings.